The zero-order valence-electron chi connectivity index (χ0n) is 22.1. The Balaban J connectivity index is 1.31. The second kappa shape index (κ2) is 12.8. The molecule has 0 saturated carbocycles. The van der Waals surface area contributed by atoms with Gasteiger partial charge < -0.3 is 9.47 Å². The van der Waals surface area contributed by atoms with E-state index in [-0.39, 0.29) is 23.9 Å². The van der Waals surface area contributed by atoms with Gasteiger partial charge in [-0.1, -0.05) is 48.2 Å². The van der Waals surface area contributed by atoms with Gasteiger partial charge in [-0.2, -0.15) is 13.2 Å². The van der Waals surface area contributed by atoms with Crippen molar-refractivity contribution in [2.75, 3.05) is 6.61 Å². The Hall–Kier alpha value is -4.15. The van der Waals surface area contributed by atoms with Crippen LogP contribution in [0.1, 0.15) is 31.4 Å². The number of hydrogen-bond acceptors (Lipinski definition) is 3. The monoisotopic (exact) mass is 561 g/mol. The number of carbonyl (C=O) groups is 1. The summed E-state index contributed by atoms with van der Waals surface area (Å²) < 4.78 is 49.4. The standard InChI is InChI=1S/C33H28F3O3S/c1-32(2,23-21-25-13-15-26(16-14-25)33(34,35)36)39-31(37)22-24-38-27-17-19-30(20-18-27)40(28-9-5-3-6-10-28)29-11-7-4-8-12-29/h3-20H,22,24H2,1-2H3/q+1. The average molecular weight is 562 g/mol. The van der Waals surface area contributed by atoms with Crippen LogP contribution in [0, 0.1) is 11.8 Å². The summed E-state index contributed by atoms with van der Waals surface area (Å²) in [6, 6.07) is 33.0. The molecule has 0 aliphatic heterocycles. The summed E-state index contributed by atoms with van der Waals surface area (Å²) in [7, 11) is -0.261. The van der Waals surface area contributed by atoms with Crippen molar-refractivity contribution in [2.24, 2.45) is 0 Å². The SMILES string of the molecule is CC(C)(C#Cc1ccc(C(F)(F)F)cc1)OC(=O)CCOc1ccc([S+](c2ccccc2)c2ccccc2)cc1. The lowest BCUT2D eigenvalue weighted by Crippen LogP contribution is -2.27. The summed E-state index contributed by atoms with van der Waals surface area (Å²) in [4.78, 5) is 16.0. The summed E-state index contributed by atoms with van der Waals surface area (Å²) in [6.45, 7) is 3.38. The molecule has 3 nitrogen and oxygen atoms in total. The van der Waals surface area contributed by atoms with Crippen LogP contribution in [0.15, 0.2) is 124 Å². The van der Waals surface area contributed by atoms with E-state index in [9.17, 15) is 18.0 Å². The zero-order valence-corrected chi connectivity index (χ0v) is 22.9. The van der Waals surface area contributed by atoms with Crippen LogP contribution >= 0.6 is 0 Å². The number of carbonyl (C=O) groups excluding carboxylic acids is 1. The van der Waals surface area contributed by atoms with Gasteiger partial charge in [0.05, 0.1) is 29.5 Å². The number of halogens is 3. The van der Waals surface area contributed by atoms with Crippen LogP contribution in [0.5, 0.6) is 5.75 Å². The maximum absolute atomic E-state index is 12.7. The minimum Gasteiger partial charge on any atom is -0.493 e. The summed E-state index contributed by atoms with van der Waals surface area (Å²) >= 11 is 0. The maximum atomic E-state index is 12.7. The van der Waals surface area contributed by atoms with E-state index in [1.54, 1.807) is 13.8 Å². The van der Waals surface area contributed by atoms with Gasteiger partial charge in [0.2, 0.25) is 0 Å². The molecule has 0 unspecified atom stereocenters. The molecule has 0 atom stereocenters. The lowest BCUT2D eigenvalue weighted by Gasteiger charge is -2.19. The fraction of sp³-hybridized carbons (Fsp3) is 0.182. The highest BCUT2D eigenvalue weighted by Crippen LogP contribution is 2.32. The highest BCUT2D eigenvalue weighted by Gasteiger charge is 2.30. The minimum absolute atomic E-state index is 0.0194. The van der Waals surface area contributed by atoms with Crippen LogP contribution < -0.4 is 4.74 Å². The highest BCUT2D eigenvalue weighted by atomic mass is 32.2. The Labute approximate surface area is 235 Å². The summed E-state index contributed by atoms with van der Waals surface area (Å²) in [5, 5.41) is 0. The van der Waals surface area contributed by atoms with E-state index in [2.05, 4.69) is 36.1 Å². The first kappa shape index (κ1) is 28.8. The Morgan fingerprint density at radius 1 is 0.750 bits per heavy atom. The Bertz CT molecular complexity index is 1420. The molecule has 0 N–H and O–H groups in total. The minimum atomic E-state index is -4.40. The quantitative estimate of drug-likeness (QED) is 0.124. The first-order valence-electron chi connectivity index (χ1n) is 12.6. The molecule has 7 heteroatoms. The van der Waals surface area contributed by atoms with E-state index in [1.807, 2.05) is 60.7 Å². The predicted octanol–water partition coefficient (Wildman–Crippen LogP) is 7.94. The van der Waals surface area contributed by atoms with Crippen molar-refractivity contribution in [1.29, 1.82) is 0 Å². The molecule has 4 aromatic rings. The molecule has 4 aromatic carbocycles. The Morgan fingerprint density at radius 3 is 1.80 bits per heavy atom. The molecule has 0 aliphatic rings. The van der Waals surface area contributed by atoms with E-state index in [0.29, 0.717) is 11.3 Å². The number of rotatable bonds is 8. The second-order valence-corrected chi connectivity index (χ2v) is 11.3. The van der Waals surface area contributed by atoms with Crippen LogP contribution in [0.2, 0.25) is 0 Å². The number of benzene rings is 4. The highest BCUT2D eigenvalue weighted by molar-refractivity contribution is 7.97. The van der Waals surface area contributed by atoms with Gasteiger partial charge in [0.1, 0.15) is 5.75 Å². The van der Waals surface area contributed by atoms with Crippen molar-refractivity contribution in [3.8, 4) is 17.6 Å². The van der Waals surface area contributed by atoms with Gasteiger partial charge in [-0.15, -0.1) is 0 Å². The molecule has 0 radical (unpaired) electrons. The smallest absolute Gasteiger partial charge is 0.416 e. The van der Waals surface area contributed by atoms with Crippen molar-refractivity contribution < 1.29 is 27.4 Å². The molecule has 0 saturated heterocycles. The van der Waals surface area contributed by atoms with Gasteiger partial charge in [0.15, 0.2) is 20.3 Å². The van der Waals surface area contributed by atoms with Gasteiger partial charge in [-0.25, -0.2) is 0 Å². The lowest BCUT2D eigenvalue weighted by atomic mass is 10.1. The van der Waals surface area contributed by atoms with Crippen LogP contribution in [-0.4, -0.2) is 18.2 Å². The molecule has 204 valence electrons. The molecule has 0 heterocycles. The molecule has 0 fully saturated rings. The molecular formula is C33H28F3O3S+. The number of esters is 1. The van der Waals surface area contributed by atoms with Gasteiger partial charge in [-0.3, -0.25) is 4.79 Å². The van der Waals surface area contributed by atoms with E-state index in [1.165, 1.54) is 21.9 Å². The second-order valence-electron chi connectivity index (χ2n) is 9.31. The zero-order chi connectivity index (χ0) is 28.6. The third-order valence-corrected chi connectivity index (χ3v) is 7.91. The first-order valence-corrected chi connectivity index (χ1v) is 13.8. The van der Waals surface area contributed by atoms with E-state index in [0.717, 1.165) is 17.0 Å². The van der Waals surface area contributed by atoms with Crippen molar-refractivity contribution in [2.45, 2.75) is 46.7 Å². The van der Waals surface area contributed by atoms with Gasteiger partial charge in [0.25, 0.3) is 0 Å². The van der Waals surface area contributed by atoms with Crippen molar-refractivity contribution >= 4 is 16.9 Å². The predicted molar refractivity (Wildman–Crippen MR) is 150 cm³/mol. The first-order chi connectivity index (χ1) is 19.1. The molecule has 40 heavy (non-hydrogen) atoms. The molecule has 0 aromatic heterocycles. The molecule has 4 rings (SSSR count). The van der Waals surface area contributed by atoms with E-state index in [4.69, 9.17) is 9.47 Å². The van der Waals surface area contributed by atoms with Gasteiger partial charge in [-0.05, 0) is 86.6 Å². The summed E-state index contributed by atoms with van der Waals surface area (Å²) in [5.74, 6) is 5.72. The molecule has 0 bridgehead atoms. The normalized spacial score (nSPS) is 11.4. The fourth-order valence-electron chi connectivity index (χ4n) is 3.77. The average Bonchev–Trinajstić information content (AvgIpc) is 2.94. The number of ether oxygens (including phenoxy) is 2. The van der Waals surface area contributed by atoms with Crippen molar-refractivity contribution in [3.63, 3.8) is 0 Å². The summed E-state index contributed by atoms with van der Waals surface area (Å²) in [5.41, 5.74) is -1.47. The third-order valence-electron chi connectivity index (χ3n) is 5.68. The molecule has 0 spiro atoms. The van der Waals surface area contributed by atoms with Crippen LogP contribution in [0.3, 0.4) is 0 Å². The van der Waals surface area contributed by atoms with Crippen LogP contribution in [-0.2, 0) is 26.6 Å². The van der Waals surface area contributed by atoms with Crippen LogP contribution in [0.25, 0.3) is 0 Å². The van der Waals surface area contributed by atoms with Crippen molar-refractivity contribution in [1.82, 2.24) is 0 Å². The molecule has 0 aliphatic carbocycles. The summed E-state index contributed by atoms with van der Waals surface area (Å²) in [6.07, 6.45) is -4.39. The topological polar surface area (TPSA) is 35.5 Å². The van der Waals surface area contributed by atoms with Crippen molar-refractivity contribution in [3.05, 3.63) is 120 Å². The Morgan fingerprint density at radius 2 is 1.27 bits per heavy atom. The van der Waals surface area contributed by atoms with Gasteiger partial charge in [0, 0.05) is 5.56 Å². The lowest BCUT2D eigenvalue weighted by molar-refractivity contribution is -0.152. The number of alkyl halides is 3. The largest absolute Gasteiger partial charge is 0.493 e. The van der Waals surface area contributed by atoms with Gasteiger partial charge >= 0.3 is 12.1 Å². The fourth-order valence-corrected chi connectivity index (χ4v) is 5.86. The maximum Gasteiger partial charge on any atom is 0.416 e. The Kier molecular flexibility index (Phi) is 9.23. The van der Waals surface area contributed by atoms with E-state index < -0.39 is 23.3 Å². The third kappa shape index (κ3) is 8.17. The number of hydrogen-bond donors (Lipinski definition) is 0. The molecule has 0 amide bonds. The van der Waals surface area contributed by atoms with Crippen LogP contribution in [0.4, 0.5) is 13.2 Å². The molecular weight excluding hydrogens is 533 g/mol. The van der Waals surface area contributed by atoms with E-state index >= 15 is 0 Å².